The fraction of sp³-hybridized carbons (Fsp3) is 0.625. The van der Waals surface area contributed by atoms with Gasteiger partial charge in [0.05, 0.1) is 7.11 Å². The number of methoxy groups -OCH3 is 1. The second kappa shape index (κ2) is 8.92. The Kier molecular flexibility index (Phi) is 7.49. The van der Waals surface area contributed by atoms with E-state index in [4.69, 9.17) is 4.74 Å². The summed E-state index contributed by atoms with van der Waals surface area (Å²) in [5, 5.41) is 3.43. The Morgan fingerprint density at radius 1 is 1.21 bits per heavy atom. The van der Waals surface area contributed by atoms with E-state index in [0.717, 1.165) is 17.9 Å². The van der Waals surface area contributed by atoms with Crippen molar-refractivity contribution in [2.24, 2.45) is 0 Å². The van der Waals surface area contributed by atoms with Gasteiger partial charge in [-0.1, -0.05) is 32.6 Å². The molecular formula is C16H26FNO. The lowest BCUT2D eigenvalue weighted by Gasteiger charge is -2.17. The maximum Gasteiger partial charge on any atom is 0.123 e. The minimum atomic E-state index is -0.215. The van der Waals surface area contributed by atoms with Crippen LogP contribution in [-0.4, -0.2) is 13.7 Å². The van der Waals surface area contributed by atoms with Gasteiger partial charge < -0.3 is 10.1 Å². The lowest BCUT2D eigenvalue weighted by molar-refractivity contribution is 0.399. The maximum atomic E-state index is 13.3. The molecular weight excluding hydrogens is 241 g/mol. The quantitative estimate of drug-likeness (QED) is 0.667. The van der Waals surface area contributed by atoms with Crippen LogP contribution in [0.15, 0.2) is 18.2 Å². The molecule has 1 unspecified atom stereocenters. The molecule has 0 spiro atoms. The lowest BCUT2D eigenvalue weighted by Crippen LogP contribution is -2.20. The third kappa shape index (κ3) is 5.60. The summed E-state index contributed by atoms with van der Waals surface area (Å²) >= 11 is 0. The van der Waals surface area contributed by atoms with Crippen molar-refractivity contribution >= 4 is 0 Å². The first-order valence-corrected chi connectivity index (χ1v) is 7.25. The minimum Gasteiger partial charge on any atom is -0.496 e. The van der Waals surface area contributed by atoms with E-state index in [-0.39, 0.29) is 11.9 Å². The average molecular weight is 267 g/mol. The monoisotopic (exact) mass is 267 g/mol. The van der Waals surface area contributed by atoms with Crippen molar-refractivity contribution < 1.29 is 9.13 Å². The largest absolute Gasteiger partial charge is 0.496 e. The molecule has 0 saturated heterocycles. The highest BCUT2D eigenvalue weighted by molar-refractivity contribution is 5.36. The minimum absolute atomic E-state index is 0.108. The van der Waals surface area contributed by atoms with Gasteiger partial charge >= 0.3 is 0 Å². The molecule has 0 heterocycles. The van der Waals surface area contributed by atoms with Crippen molar-refractivity contribution in [3.05, 3.63) is 29.6 Å². The summed E-state index contributed by atoms with van der Waals surface area (Å²) in [6.07, 6.45) is 6.31. The molecule has 0 bridgehead atoms. The van der Waals surface area contributed by atoms with Gasteiger partial charge in [-0.25, -0.2) is 4.39 Å². The number of hydrogen-bond donors (Lipinski definition) is 1. The van der Waals surface area contributed by atoms with Crippen molar-refractivity contribution in [3.63, 3.8) is 0 Å². The molecule has 0 amide bonds. The van der Waals surface area contributed by atoms with Crippen LogP contribution in [0.1, 0.15) is 57.6 Å². The van der Waals surface area contributed by atoms with Crippen LogP contribution in [0.25, 0.3) is 0 Å². The molecule has 3 heteroatoms. The molecule has 0 radical (unpaired) electrons. The van der Waals surface area contributed by atoms with E-state index < -0.39 is 0 Å². The van der Waals surface area contributed by atoms with Crippen LogP contribution in [0.5, 0.6) is 5.75 Å². The summed E-state index contributed by atoms with van der Waals surface area (Å²) in [4.78, 5) is 0. The number of nitrogens with one attached hydrogen (secondary N) is 1. The van der Waals surface area contributed by atoms with Crippen LogP contribution in [0, 0.1) is 5.82 Å². The Hall–Kier alpha value is -1.09. The Morgan fingerprint density at radius 3 is 2.63 bits per heavy atom. The summed E-state index contributed by atoms with van der Waals surface area (Å²) in [6, 6.07) is 4.77. The van der Waals surface area contributed by atoms with Gasteiger partial charge in [0.25, 0.3) is 0 Å². The van der Waals surface area contributed by atoms with Gasteiger partial charge in [0.1, 0.15) is 11.6 Å². The van der Waals surface area contributed by atoms with Crippen molar-refractivity contribution in [3.8, 4) is 5.75 Å². The van der Waals surface area contributed by atoms with Crippen LogP contribution in [0.2, 0.25) is 0 Å². The van der Waals surface area contributed by atoms with E-state index in [1.54, 1.807) is 19.2 Å². The van der Waals surface area contributed by atoms with Gasteiger partial charge in [0.15, 0.2) is 0 Å². The predicted octanol–water partition coefficient (Wildman–Crippen LogP) is 4.46. The standard InChI is InChI=1S/C16H26FNO/c1-4-5-6-7-8-11-18-13(2)15-12-14(17)9-10-16(15)19-3/h9-10,12-13,18H,4-8,11H2,1-3H3. The molecule has 2 nitrogen and oxygen atoms in total. The highest BCUT2D eigenvalue weighted by Crippen LogP contribution is 2.25. The molecule has 0 fully saturated rings. The Balaban J connectivity index is 2.40. The number of hydrogen-bond acceptors (Lipinski definition) is 2. The third-order valence-electron chi connectivity index (χ3n) is 3.39. The fourth-order valence-corrected chi connectivity index (χ4v) is 2.20. The normalized spacial score (nSPS) is 12.4. The molecule has 1 aromatic rings. The molecule has 0 aliphatic heterocycles. The van der Waals surface area contributed by atoms with Crippen LogP contribution >= 0.6 is 0 Å². The van der Waals surface area contributed by atoms with E-state index in [9.17, 15) is 4.39 Å². The summed E-state index contributed by atoms with van der Waals surface area (Å²) in [5.41, 5.74) is 0.885. The van der Waals surface area contributed by atoms with Crippen molar-refractivity contribution in [2.75, 3.05) is 13.7 Å². The molecule has 0 aromatic heterocycles. The zero-order chi connectivity index (χ0) is 14.1. The smallest absolute Gasteiger partial charge is 0.123 e. The molecule has 19 heavy (non-hydrogen) atoms. The second-order valence-electron chi connectivity index (χ2n) is 4.98. The number of halogens is 1. The zero-order valence-corrected chi connectivity index (χ0v) is 12.3. The van der Waals surface area contributed by atoms with Gasteiger partial charge in [-0.15, -0.1) is 0 Å². The van der Waals surface area contributed by atoms with Crippen LogP contribution < -0.4 is 10.1 Å². The molecule has 1 atom stereocenters. The highest BCUT2D eigenvalue weighted by Gasteiger charge is 2.11. The van der Waals surface area contributed by atoms with Gasteiger partial charge in [0.2, 0.25) is 0 Å². The fourth-order valence-electron chi connectivity index (χ4n) is 2.20. The van der Waals surface area contributed by atoms with Gasteiger partial charge in [0, 0.05) is 11.6 Å². The molecule has 0 saturated carbocycles. The van der Waals surface area contributed by atoms with E-state index in [1.807, 2.05) is 6.92 Å². The molecule has 0 aliphatic rings. The summed E-state index contributed by atoms with van der Waals surface area (Å²) in [7, 11) is 1.62. The van der Waals surface area contributed by atoms with Crippen LogP contribution in [-0.2, 0) is 0 Å². The molecule has 108 valence electrons. The number of benzene rings is 1. The molecule has 1 aromatic carbocycles. The Labute approximate surface area is 116 Å². The van der Waals surface area contributed by atoms with Crippen LogP contribution in [0.3, 0.4) is 0 Å². The van der Waals surface area contributed by atoms with Crippen molar-refractivity contribution in [1.82, 2.24) is 5.32 Å². The topological polar surface area (TPSA) is 21.3 Å². The maximum absolute atomic E-state index is 13.3. The van der Waals surface area contributed by atoms with E-state index in [1.165, 1.54) is 38.2 Å². The molecule has 0 aliphatic carbocycles. The van der Waals surface area contributed by atoms with Gasteiger partial charge in [-0.05, 0) is 38.1 Å². The molecule has 1 rings (SSSR count). The van der Waals surface area contributed by atoms with E-state index in [2.05, 4.69) is 12.2 Å². The molecule has 1 N–H and O–H groups in total. The van der Waals surface area contributed by atoms with Gasteiger partial charge in [-0.2, -0.15) is 0 Å². The second-order valence-corrected chi connectivity index (χ2v) is 4.98. The highest BCUT2D eigenvalue weighted by atomic mass is 19.1. The van der Waals surface area contributed by atoms with Gasteiger partial charge in [-0.3, -0.25) is 0 Å². The lowest BCUT2D eigenvalue weighted by atomic mass is 10.1. The number of rotatable bonds is 9. The average Bonchev–Trinajstić information content (AvgIpc) is 2.42. The van der Waals surface area contributed by atoms with E-state index in [0.29, 0.717) is 0 Å². The first kappa shape index (κ1) is 16.0. The summed E-state index contributed by atoms with van der Waals surface area (Å²) in [6.45, 7) is 5.23. The zero-order valence-electron chi connectivity index (χ0n) is 12.3. The first-order chi connectivity index (χ1) is 9.19. The first-order valence-electron chi connectivity index (χ1n) is 7.25. The summed E-state index contributed by atoms with van der Waals surface area (Å²) in [5.74, 6) is 0.528. The van der Waals surface area contributed by atoms with E-state index >= 15 is 0 Å². The van der Waals surface area contributed by atoms with Crippen molar-refractivity contribution in [2.45, 2.75) is 52.0 Å². The number of unbranched alkanes of at least 4 members (excludes halogenated alkanes) is 4. The Morgan fingerprint density at radius 2 is 1.95 bits per heavy atom. The summed E-state index contributed by atoms with van der Waals surface area (Å²) < 4.78 is 18.6. The SMILES string of the molecule is CCCCCCCNC(C)c1cc(F)ccc1OC. The number of ether oxygens (including phenoxy) is 1. The van der Waals surface area contributed by atoms with Crippen molar-refractivity contribution in [1.29, 1.82) is 0 Å². The third-order valence-corrected chi connectivity index (χ3v) is 3.39. The predicted molar refractivity (Wildman–Crippen MR) is 78.1 cm³/mol. The Bertz CT molecular complexity index is 368. The van der Waals surface area contributed by atoms with Crippen LogP contribution in [0.4, 0.5) is 4.39 Å².